The topological polar surface area (TPSA) is 86.4 Å². The van der Waals surface area contributed by atoms with Crippen molar-refractivity contribution in [2.24, 2.45) is 5.73 Å². The van der Waals surface area contributed by atoms with Crippen LogP contribution in [0.2, 0.25) is 0 Å². The highest BCUT2D eigenvalue weighted by atomic mass is 32.2. The third kappa shape index (κ3) is 5.20. The molecule has 3 N–H and O–H groups in total. The van der Waals surface area contributed by atoms with Crippen molar-refractivity contribution in [2.45, 2.75) is 18.6 Å². The van der Waals surface area contributed by atoms with Crippen molar-refractivity contribution in [3.05, 3.63) is 0 Å². The smallest absolute Gasteiger partial charge is 0.139 e. The Balaban J connectivity index is 3.51. The van der Waals surface area contributed by atoms with E-state index in [0.717, 1.165) is 0 Å². The Labute approximate surface area is 69.0 Å². The summed E-state index contributed by atoms with van der Waals surface area (Å²) in [4.78, 5) is 10.0. The lowest BCUT2D eigenvalue weighted by atomic mass is 10.1. The number of carbonyl (C=O) groups is 1. The van der Waals surface area contributed by atoms with Gasteiger partial charge in [0.25, 0.3) is 0 Å². The molecular formula is C6H13NO3S. The Bertz CT molecular complexity index is 120. The van der Waals surface area contributed by atoms with Crippen LogP contribution >= 0.6 is 0 Å². The third-order valence-corrected chi connectivity index (χ3v) is 2.11. The van der Waals surface area contributed by atoms with Gasteiger partial charge in [-0.3, -0.25) is 0 Å². The Kier molecular flexibility index (Phi) is 5.49. The van der Waals surface area contributed by atoms with Crippen molar-refractivity contribution in [3.8, 4) is 0 Å². The number of nitrogens with two attached hydrogens (primary N) is 1. The minimum Gasteiger partial charge on any atom is -0.617 e. The maximum Gasteiger partial charge on any atom is 0.139 e. The lowest BCUT2D eigenvalue weighted by Gasteiger charge is -2.13. The zero-order valence-electron chi connectivity index (χ0n) is 6.40. The van der Waals surface area contributed by atoms with Gasteiger partial charge in [-0.1, -0.05) is 11.2 Å². The van der Waals surface area contributed by atoms with Crippen molar-refractivity contribution < 1.29 is 14.5 Å². The predicted molar refractivity (Wildman–Crippen MR) is 43.6 cm³/mol. The second-order valence-corrected chi connectivity index (χ2v) is 3.90. The summed E-state index contributed by atoms with van der Waals surface area (Å²) in [5, 5.41) is 9.08. The highest BCUT2D eigenvalue weighted by Gasteiger charge is 2.14. The van der Waals surface area contributed by atoms with E-state index in [9.17, 15) is 9.35 Å². The van der Waals surface area contributed by atoms with Crippen LogP contribution < -0.4 is 5.73 Å². The molecule has 0 heterocycles. The first-order valence-corrected chi connectivity index (χ1v) is 4.99. The highest BCUT2D eigenvalue weighted by molar-refractivity contribution is 7.90. The minimum absolute atomic E-state index is 0.309. The van der Waals surface area contributed by atoms with E-state index in [4.69, 9.17) is 10.8 Å². The first-order valence-electron chi connectivity index (χ1n) is 3.27. The second-order valence-electron chi connectivity index (χ2n) is 2.35. The average Bonchev–Trinajstić information content (AvgIpc) is 1.98. The number of aliphatic hydroxyl groups is 1. The van der Waals surface area contributed by atoms with Crippen LogP contribution in [0.3, 0.4) is 0 Å². The molecule has 0 saturated carbocycles. The summed E-state index contributed by atoms with van der Waals surface area (Å²) in [6, 6.07) is -0.849. The van der Waals surface area contributed by atoms with Crippen LogP contribution in [0.5, 0.6) is 0 Å². The molecule has 0 amide bonds. The predicted octanol–water partition coefficient (Wildman–Crippen LogP) is -1.36. The van der Waals surface area contributed by atoms with Crippen LogP contribution in [-0.4, -0.2) is 40.1 Å². The molecule has 0 bridgehead atoms. The highest BCUT2D eigenvalue weighted by Crippen LogP contribution is 1.97. The average molecular weight is 179 g/mol. The molecule has 0 spiro atoms. The summed E-state index contributed by atoms with van der Waals surface area (Å²) in [5.74, 6) is 0.378. The fourth-order valence-corrected chi connectivity index (χ4v) is 1.14. The lowest BCUT2D eigenvalue weighted by molar-refractivity contribution is -0.111. The van der Waals surface area contributed by atoms with Crippen LogP contribution in [0.1, 0.15) is 6.42 Å². The summed E-state index contributed by atoms with van der Waals surface area (Å²) >= 11 is -0.936. The van der Waals surface area contributed by atoms with Crippen molar-refractivity contribution in [1.29, 1.82) is 0 Å². The van der Waals surface area contributed by atoms with Gasteiger partial charge in [-0.25, -0.2) is 0 Å². The van der Waals surface area contributed by atoms with E-state index in [1.54, 1.807) is 6.26 Å². The van der Waals surface area contributed by atoms with Gasteiger partial charge in [-0.15, -0.1) is 0 Å². The van der Waals surface area contributed by atoms with Gasteiger partial charge in [-0.05, 0) is 0 Å². The van der Waals surface area contributed by atoms with E-state index >= 15 is 0 Å². The maximum atomic E-state index is 10.5. The van der Waals surface area contributed by atoms with Crippen molar-refractivity contribution in [3.63, 3.8) is 0 Å². The molecule has 11 heavy (non-hydrogen) atoms. The monoisotopic (exact) mass is 179 g/mol. The molecule has 66 valence electrons. The van der Waals surface area contributed by atoms with Gasteiger partial charge < -0.3 is 20.2 Å². The van der Waals surface area contributed by atoms with Gasteiger partial charge in [0.2, 0.25) is 0 Å². The molecule has 0 radical (unpaired) electrons. The molecule has 5 heteroatoms. The standard InChI is InChI=1S/C6H13NO3S/c1-11(10)3-2-6(9)5(7)4-8/h4-6,9H,2-3,7H2,1H3/t5-,6-,11?/m1/s1. The Hall–Kier alpha value is -0.100. The number of rotatable bonds is 5. The van der Waals surface area contributed by atoms with Gasteiger partial charge in [0.1, 0.15) is 12.0 Å². The maximum absolute atomic E-state index is 10.5. The first kappa shape index (κ1) is 10.9. The third-order valence-electron chi connectivity index (χ3n) is 1.30. The Morgan fingerprint density at radius 3 is 2.73 bits per heavy atom. The van der Waals surface area contributed by atoms with E-state index in [-0.39, 0.29) is 0 Å². The van der Waals surface area contributed by atoms with Crippen LogP contribution in [0.4, 0.5) is 0 Å². The quantitative estimate of drug-likeness (QED) is 0.403. The molecule has 3 atom stereocenters. The number of carbonyl (C=O) groups excluding carboxylic acids is 1. The van der Waals surface area contributed by atoms with E-state index in [1.807, 2.05) is 0 Å². The van der Waals surface area contributed by atoms with Crippen molar-refractivity contribution in [2.75, 3.05) is 12.0 Å². The molecule has 4 nitrogen and oxygen atoms in total. The molecular weight excluding hydrogens is 166 g/mol. The summed E-state index contributed by atoms with van der Waals surface area (Å²) in [6.07, 6.45) is 1.47. The number of hydrogen-bond acceptors (Lipinski definition) is 4. The van der Waals surface area contributed by atoms with Crippen LogP contribution in [0, 0.1) is 0 Å². The molecule has 0 aromatic heterocycles. The van der Waals surface area contributed by atoms with Crippen LogP contribution in [-0.2, 0) is 16.0 Å². The fraction of sp³-hybridized carbons (Fsp3) is 0.833. The fourth-order valence-electron chi connectivity index (χ4n) is 0.570. The van der Waals surface area contributed by atoms with Crippen LogP contribution in [0.25, 0.3) is 0 Å². The number of hydrogen-bond donors (Lipinski definition) is 2. The summed E-state index contributed by atoms with van der Waals surface area (Å²) in [7, 11) is 0. The number of aldehydes is 1. The van der Waals surface area contributed by atoms with Gasteiger partial charge in [0.05, 0.1) is 18.4 Å². The zero-order valence-corrected chi connectivity index (χ0v) is 7.21. The van der Waals surface area contributed by atoms with E-state index in [0.29, 0.717) is 18.5 Å². The molecule has 0 aliphatic heterocycles. The van der Waals surface area contributed by atoms with Crippen molar-refractivity contribution >= 4 is 17.5 Å². The van der Waals surface area contributed by atoms with Crippen LogP contribution in [0.15, 0.2) is 0 Å². The first-order chi connectivity index (χ1) is 5.07. The van der Waals surface area contributed by atoms with E-state index < -0.39 is 23.3 Å². The van der Waals surface area contributed by atoms with E-state index in [2.05, 4.69) is 0 Å². The minimum atomic E-state index is -0.936. The number of aliphatic hydroxyl groups excluding tert-OH is 1. The lowest BCUT2D eigenvalue weighted by Crippen LogP contribution is -2.37. The van der Waals surface area contributed by atoms with E-state index in [1.165, 1.54) is 0 Å². The normalized spacial score (nSPS) is 18.9. The van der Waals surface area contributed by atoms with Gasteiger partial charge in [0.15, 0.2) is 0 Å². The molecule has 0 aromatic carbocycles. The second kappa shape index (κ2) is 5.54. The van der Waals surface area contributed by atoms with Crippen molar-refractivity contribution in [1.82, 2.24) is 0 Å². The molecule has 0 aromatic rings. The molecule has 0 fully saturated rings. The molecule has 0 rings (SSSR count). The summed E-state index contributed by atoms with van der Waals surface area (Å²) in [5.41, 5.74) is 5.19. The Morgan fingerprint density at radius 2 is 2.36 bits per heavy atom. The van der Waals surface area contributed by atoms with Gasteiger partial charge in [-0.2, -0.15) is 0 Å². The Morgan fingerprint density at radius 1 is 1.82 bits per heavy atom. The molecule has 0 aliphatic carbocycles. The van der Waals surface area contributed by atoms with Gasteiger partial charge in [0, 0.05) is 6.42 Å². The summed E-state index contributed by atoms with van der Waals surface area (Å²) in [6.45, 7) is 0. The molecule has 1 unspecified atom stereocenters. The molecule has 0 aliphatic rings. The largest absolute Gasteiger partial charge is 0.617 e. The summed E-state index contributed by atoms with van der Waals surface area (Å²) < 4.78 is 10.5. The van der Waals surface area contributed by atoms with Gasteiger partial charge >= 0.3 is 0 Å². The SMILES string of the molecule is C[S+]([O-])CC[C@@H](O)[C@H](N)C=O. The molecule has 0 saturated heterocycles. The zero-order chi connectivity index (χ0) is 8.85.